The molecule has 31 heavy (non-hydrogen) atoms. The summed E-state index contributed by atoms with van der Waals surface area (Å²) in [5.74, 6) is 0.302. The van der Waals surface area contributed by atoms with Gasteiger partial charge in [-0.2, -0.15) is 13.2 Å². The molecule has 1 aromatic carbocycles. The predicted octanol–water partition coefficient (Wildman–Crippen LogP) is 3.20. The van der Waals surface area contributed by atoms with Crippen LogP contribution in [-0.4, -0.2) is 70.5 Å². The van der Waals surface area contributed by atoms with Crippen molar-refractivity contribution in [1.82, 2.24) is 9.80 Å². The molecule has 0 spiro atoms. The summed E-state index contributed by atoms with van der Waals surface area (Å²) in [5, 5.41) is -0.174. The number of alkyl halides is 3. The predicted molar refractivity (Wildman–Crippen MR) is 107 cm³/mol. The topological polar surface area (TPSA) is 66.9 Å². The van der Waals surface area contributed by atoms with Crippen LogP contribution in [0.25, 0.3) is 0 Å². The minimum absolute atomic E-state index is 0.0136. The van der Waals surface area contributed by atoms with Gasteiger partial charge in [0.25, 0.3) is 0 Å². The van der Waals surface area contributed by atoms with Crippen LogP contribution < -0.4 is 0 Å². The number of amides is 2. The van der Waals surface area contributed by atoms with Crippen LogP contribution in [0.3, 0.4) is 0 Å². The van der Waals surface area contributed by atoms with E-state index in [1.54, 1.807) is 9.80 Å². The molecule has 6 nitrogen and oxygen atoms in total. The summed E-state index contributed by atoms with van der Waals surface area (Å²) in [5.41, 5.74) is -0.882. The number of likely N-dealkylation sites (tertiary alicyclic amines) is 2. The number of ether oxygens (including phenoxy) is 1. The Hall–Kier alpha value is -1.65. The van der Waals surface area contributed by atoms with Gasteiger partial charge in [0.05, 0.1) is 32.4 Å². The Kier molecular flexibility index (Phi) is 6.33. The van der Waals surface area contributed by atoms with Crippen molar-refractivity contribution in [3.8, 4) is 0 Å². The van der Waals surface area contributed by atoms with Crippen molar-refractivity contribution in [3.05, 3.63) is 28.8 Å². The summed E-state index contributed by atoms with van der Waals surface area (Å²) in [4.78, 5) is 27.9. The van der Waals surface area contributed by atoms with Crippen LogP contribution in [-0.2, 0) is 26.5 Å². The lowest BCUT2D eigenvalue weighted by Gasteiger charge is -2.46. The highest BCUT2D eigenvalue weighted by Gasteiger charge is 2.40. The first-order valence-electron chi connectivity index (χ1n) is 10.0. The van der Waals surface area contributed by atoms with E-state index in [0.29, 0.717) is 39.0 Å². The van der Waals surface area contributed by atoms with Gasteiger partial charge >= 0.3 is 12.2 Å². The molecule has 0 radical (unpaired) electrons. The van der Waals surface area contributed by atoms with Gasteiger partial charge in [-0.3, -0.25) is 9.00 Å². The Morgan fingerprint density at radius 3 is 2.65 bits per heavy atom. The van der Waals surface area contributed by atoms with E-state index >= 15 is 0 Å². The third-order valence-corrected chi connectivity index (χ3v) is 8.05. The van der Waals surface area contributed by atoms with Crippen molar-refractivity contribution in [3.63, 3.8) is 0 Å². The number of hydrogen-bond acceptors (Lipinski definition) is 4. The zero-order valence-electron chi connectivity index (χ0n) is 16.6. The van der Waals surface area contributed by atoms with Crippen LogP contribution in [0.2, 0.25) is 5.02 Å². The average molecular weight is 479 g/mol. The van der Waals surface area contributed by atoms with Gasteiger partial charge in [-0.05, 0) is 24.6 Å². The number of halogens is 4. The van der Waals surface area contributed by atoms with Crippen molar-refractivity contribution in [2.75, 3.05) is 38.5 Å². The lowest BCUT2D eigenvalue weighted by molar-refractivity contribution is -0.140. The molecule has 1 unspecified atom stereocenters. The van der Waals surface area contributed by atoms with Gasteiger partial charge in [-0.25, -0.2) is 4.79 Å². The molecular formula is C20H22ClF3N2O4S. The first kappa shape index (κ1) is 22.5. The zero-order valence-corrected chi connectivity index (χ0v) is 18.1. The van der Waals surface area contributed by atoms with E-state index < -0.39 is 22.5 Å². The van der Waals surface area contributed by atoms with E-state index in [1.165, 1.54) is 0 Å². The van der Waals surface area contributed by atoms with Gasteiger partial charge in [0, 0.05) is 50.2 Å². The van der Waals surface area contributed by atoms with Gasteiger partial charge < -0.3 is 14.5 Å². The summed E-state index contributed by atoms with van der Waals surface area (Å²) in [6, 6.07) is 2.71. The summed E-state index contributed by atoms with van der Waals surface area (Å²) in [7, 11) is -1.56. The van der Waals surface area contributed by atoms with Crippen LogP contribution in [0.5, 0.6) is 0 Å². The van der Waals surface area contributed by atoms with Crippen LogP contribution in [0.15, 0.2) is 23.1 Å². The molecule has 3 fully saturated rings. The third kappa shape index (κ3) is 4.90. The summed E-state index contributed by atoms with van der Waals surface area (Å²) in [6.07, 6.45) is -3.34. The van der Waals surface area contributed by atoms with Crippen molar-refractivity contribution in [1.29, 1.82) is 0 Å². The maximum Gasteiger partial charge on any atom is 0.416 e. The molecule has 0 N–H and O–H groups in total. The molecule has 3 heterocycles. The number of rotatable bonds is 3. The number of carbonyl (C=O) groups excluding carboxylic acids is 2. The van der Waals surface area contributed by atoms with Crippen molar-refractivity contribution < 1.29 is 31.7 Å². The quantitative estimate of drug-likeness (QED) is 0.669. The number of carbonyl (C=O) groups is 2. The highest BCUT2D eigenvalue weighted by Crippen LogP contribution is 2.34. The Balaban J connectivity index is 1.28. The second kappa shape index (κ2) is 8.71. The number of fused-ring (bicyclic) bond motifs is 1. The number of urea groups is 1. The van der Waals surface area contributed by atoms with E-state index in [4.69, 9.17) is 16.3 Å². The van der Waals surface area contributed by atoms with E-state index in [2.05, 4.69) is 0 Å². The molecule has 1 aromatic rings. The molecule has 3 aliphatic rings. The third-order valence-electron chi connectivity index (χ3n) is 6.00. The molecule has 170 valence electrons. The van der Waals surface area contributed by atoms with E-state index in [1.807, 2.05) is 0 Å². The molecule has 0 aliphatic carbocycles. The van der Waals surface area contributed by atoms with Crippen molar-refractivity contribution in [2.24, 2.45) is 11.8 Å². The number of ketones is 1. The monoisotopic (exact) mass is 478 g/mol. The maximum absolute atomic E-state index is 12.8. The van der Waals surface area contributed by atoms with Gasteiger partial charge in [0.15, 0.2) is 5.78 Å². The van der Waals surface area contributed by atoms with Crippen LogP contribution in [0, 0.1) is 11.8 Å². The smallest absolute Gasteiger partial charge is 0.370 e. The normalized spacial score (nSPS) is 25.7. The molecule has 0 bridgehead atoms. The number of benzene rings is 1. The van der Waals surface area contributed by atoms with Crippen LogP contribution in [0.1, 0.15) is 18.4 Å². The maximum atomic E-state index is 12.8. The van der Waals surface area contributed by atoms with Gasteiger partial charge in [0.1, 0.15) is 6.61 Å². The largest absolute Gasteiger partial charge is 0.416 e. The van der Waals surface area contributed by atoms with Crippen LogP contribution >= 0.6 is 11.6 Å². The summed E-state index contributed by atoms with van der Waals surface area (Å²) in [6.45, 7) is 2.08. The molecule has 11 heteroatoms. The molecule has 0 aromatic heterocycles. The van der Waals surface area contributed by atoms with Crippen molar-refractivity contribution in [2.45, 2.75) is 30.0 Å². The zero-order chi connectivity index (χ0) is 22.3. The average Bonchev–Trinajstić information content (AvgIpc) is 2.68. The first-order valence-corrected chi connectivity index (χ1v) is 11.7. The fourth-order valence-electron chi connectivity index (χ4n) is 4.35. The number of Topliss-reactive ketones (excluding diaryl/α,β-unsaturated/α-hetero) is 1. The second-order valence-corrected chi connectivity index (χ2v) is 10.2. The van der Waals surface area contributed by atoms with Gasteiger partial charge in [-0.15, -0.1) is 0 Å². The minimum Gasteiger partial charge on any atom is -0.370 e. The molecule has 0 saturated carbocycles. The number of piperidine rings is 1. The summed E-state index contributed by atoms with van der Waals surface area (Å²) < 4.78 is 56.4. The van der Waals surface area contributed by atoms with Crippen LogP contribution in [0.4, 0.5) is 18.0 Å². The Labute approximate surface area is 185 Å². The number of nitrogens with zero attached hydrogens (tertiary/aromatic N) is 2. The number of hydrogen-bond donors (Lipinski definition) is 0. The second-order valence-electron chi connectivity index (χ2n) is 8.30. The Bertz CT molecular complexity index is 907. The van der Waals surface area contributed by atoms with Gasteiger partial charge in [-0.1, -0.05) is 11.6 Å². The Morgan fingerprint density at radius 2 is 1.97 bits per heavy atom. The standard InChI is InChI=1S/C20H22ClF3N2O4S/c21-16-6-14(20(22,23)24)1-2-18(16)31(29)11-12-7-26(8-12)19(28)25-4-3-17-13(9-25)5-15(27)10-30-17/h1-2,6,12-13,17H,3-5,7-11H2/t13-,17+,31?/m1/s1. The van der Waals surface area contributed by atoms with E-state index in [9.17, 15) is 27.0 Å². The first-order chi connectivity index (χ1) is 14.6. The lowest BCUT2D eigenvalue weighted by Crippen LogP contribution is -2.59. The lowest BCUT2D eigenvalue weighted by atomic mass is 9.88. The van der Waals surface area contributed by atoms with E-state index in [0.717, 1.165) is 18.2 Å². The fourth-order valence-corrected chi connectivity index (χ4v) is 6.10. The van der Waals surface area contributed by atoms with Gasteiger partial charge in [0.2, 0.25) is 0 Å². The molecule has 3 saturated heterocycles. The van der Waals surface area contributed by atoms with Crippen molar-refractivity contribution >= 4 is 34.2 Å². The Morgan fingerprint density at radius 1 is 1.23 bits per heavy atom. The highest BCUT2D eigenvalue weighted by atomic mass is 35.5. The molecular weight excluding hydrogens is 457 g/mol. The highest BCUT2D eigenvalue weighted by molar-refractivity contribution is 7.85. The minimum atomic E-state index is -4.51. The molecule has 4 rings (SSSR count). The molecule has 3 aliphatic heterocycles. The van der Waals surface area contributed by atoms with E-state index in [-0.39, 0.29) is 52.0 Å². The summed E-state index contributed by atoms with van der Waals surface area (Å²) >= 11 is 5.92. The SMILES string of the molecule is O=C1CO[C@H]2CCN(C(=O)N3CC(CS(=O)c4ccc(C(F)(F)F)cc4Cl)C3)C[C@H]2C1. The fraction of sp³-hybridized carbons (Fsp3) is 0.600. The molecule has 2 amide bonds. The molecule has 3 atom stereocenters.